The molecule has 10 atom stereocenters. The highest BCUT2D eigenvalue weighted by Gasteiger charge is 2.54. The molecular weight excluding hydrogens is 909 g/mol. The van der Waals surface area contributed by atoms with Gasteiger partial charge >= 0.3 is 0 Å². The molecule has 0 aromatic heterocycles. The number of aliphatic hydroxyl groups excluding tert-OH is 1. The molecule has 0 amide bonds. The molecule has 0 spiro atoms. The van der Waals surface area contributed by atoms with Crippen LogP contribution in [-0.4, -0.2) is 79.7 Å². The van der Waals surface area contributed by atoms with Gasteiger partial charge in [-0.3, -0.25) is 0 Å². The smallest absolute Gasteiger partial charge is 0.187 e. The van der Waals surface area contributed by atoms with Crippen LogP contribution in [0.2, 0.25) is 0 Å². The van der Waals surface area contributed by atoms with Gasteiger partial charge in [-0.1, -0.05) is 212 Å². The van der Waals surface area contributed by atoms with E-state index in [2.05, 4.69) is 0 Å². The summed E-state index contributed by atoms with van der Waals surface area (Å²) in [6.45, 7) is 2.01. The second-order valence-electron chi connectivity index (χ2n) is 18.0. The largest absolute Gasteiger partial charge is 0.374 e. The number of benzene rings is 7. The molecule has 374 valence electrons. The van der Waals surface area contributed by atoms with Gasteiger partial charge < -0.3 is 52.5 Å². The van der Waals surface area contributed by atoms with Crippen molar-refractivity contribution in [3.05, 3.63) is 251 Å². The normalized spacial score (nSPS) is 24.2. The molecule has 11 nitrogen and oxygen atoms in total. The predicted octanol–water partition coefficient (Wildman–Crippen LogP) is 10.2. The monoisotopic (exact) mass is 972 g/mol. The quantitative estimate of drug-likeness (QED) is 0.0591. The SMILES string of the molecule is O[C@H]1O[C@H](COCc2ccccc2)[C@@H](OCc2ccccc2)[C@H](OCc2ccccc2)[C@@H]1O[C@H]1O[C@H](COCc2ccccc2)[C@@H](OCc2ccccc2)[C@H](OCc2ccccc2)[C@@H]1OCc1ccccc1. The zero-order valence-corrected chi connectivity index (χ0v) is 40.4. The summed E-state index contributed by atoms with van der Waals surface area (Å²) in [5, 5.41) is 12.3. The Morgan fingerprint density at radius 1 is 0.292 bits per heavy atom. The van der Waals surface area contributed by atoms with E-state index in [1.54, 1.807) is 0 Å². The number of ether oxygens (including phenoxy) is 10. The van der Waals surface area contributed by atoms with E-state index in [0.717, 1.165) is 38.9 Å². The van der Waals surface area contributed by atoms with Crippen molar-refractivity contribution in [1.82, 2.24) is 0 Å². The third-order valence-electron chi connectivity index (χ3n) is 12.7. The molecule has 0 radical (unpaired) electrons. The molecule has 7 aromatic carbocycles. The molecule has 0 saturated carbocycles. The van der Waals surface area contributed by atoms with E-state index in [0.29, 0.717) is 13.2 Å². The standard InChI is InChI=1S/C61H64O11/c62-60-58(56(67-40-49-30-16-5-17-31-49)54(65-38-47-26-12-3-13-27-47)52(70-60)43-63-36-45-22-8-1-9-23-45)72-61-59(69-42-51-34-20-7-21-35-51)57(68-41-50-32-18-6-19-33-50)55(66-39-48-28-14-4-15-29-48)53(71-61)44-64-37-46-24-10-2-11-25-46/h1-35,52-62H,36-44H2/t52-,53-,54-,55-,56+,57+,58+,59+,60+,61-/m1/s1. The summed E-state index contributed by atoms with van der Waals surface area (Å²) in [4.78, 5) is 0. The Kier molecular flexibility index (Phi) is 19.3. The summed E-state index contributed by atoms with van der Waals surface area (Å²) in [6.07, 6.45) is -9.48. The lowest BCUT2D eigenvalue weighted by molar-refractivity contribution is -0.379. The van der Waals surface area contributed by atoms with Crippen LogP contribution in [0.1, 0.15) is 38.9 Å². The Hall–Kier alpha value is -5.90. The first-order chi connectivity index (χ1) is 35.6. The lowest BCUT2D eigenvalue weighted by Gasteiger charge is -2.49. The molecule has 2 aliphatic heterocycles. The molecule has 2 saturated heterocycles. The molecule has 0 unspecified atom stereocenters. The Balaban J connectivity index is 1.07. The minimum Gasteiger partial charge on any atom is -0.374 e. The van der Waals surface area contributed by atoms with Crippen molar-refractivity contribution in [3.8, 4) is 0 Å². The van der Waals surface area contributed by atoms with Gasteiger partial charge in [-0.2, -0.15) is 0 Å². The van der Waals surface area contributed by atoms with Gasteiger partial charge in [-0.15, -0.1) is 0 Å². The Morgan fingerprint density at radius 2 is 0.556 bits per heavy atom. The summed E-state index contributed by atoms with van der Waals surface area (Å²) in [7, 11) is 0. The molecule has 2 fully saturated rings. The van der Waals surface area contributed by atoms with Crippen LogP contribution in [0.15, 0.2) is 212 Å². The average molecular weight is 973 g/mol. The van der Waals surface area contributed by atoms with Crippen molar-refractivity contribution in [3.63, 3.8) is 0 Å². The van der Waals surface area contributed by atoms with Crippen LogP contribution < -0.4 is 0 Å². The Morgan fingerprint density at radius 3 is 0.889 bits per heavy atom. The van der Waals surface area contributed by atoms with Crippen LogP contribution in [0, 0.1) is 0 Å². The van der Waals surface area contributed by atoms with Gasteiger partial charge in [0.15, 0.2) is 12.6 Å². The van der Waals surface area contributed by atoms with E-state index in [1.165, 1.54) is 0 Å². The van der Waals surface area contributed by atoms with Crippen LogP contribution in [0.3, 0.4) is 0 Å². The van der Waals surface area contributed by atoms with Crippen molar-refractivity contribution in [1.29, 1.82) is 0 Å². The number of rotatable bonds is 25. The van der Waals surface area contributed by atoms with Crippen molar-refractivity contribution in [2.75, 3.05) is 13.2 Å². The van der Waals surface area contributed by atoms with E-state index in [-0.39, 0.29) is 46.2 Å². The molecule has 11 heteroatoms. The number of hydrogen-bond donors (Lipinski definition) is 1. The van der Waals surface area contributed by atoms with Crippen molar-refractivity contribution in [2.24, 2.45) is 0 Å². The molecule has 2 aliphatic rings. The maximum absolute atomic E-state index is 12.3. The number of aliphatic hydroxyl groups is 1. The van der Waals surface area contributed by atoms with Crippen LogP contribution >= 0.6 is 0 Å². The van der Waals surface area contributed by atoms with Crippen LogP contribution in [0.5, 0.6) is 0 Å². The molecule has 7 aromatic rings. The summed E-state index contributed by atoms with van der Waals surface area (Å²) in [5.41, 5.74) is 6.77. The first-order valence-electron chi connectivity index (χ1n) is 24.8. The van der Waals surface area contributed by atoms with Crippen molar-refractivity contribution < 1.29 is 52.5 Å². The maximum atomic E-state index is 12.3. The highest BCUT2D eigenvalue weighted by atomic mass is 16.8. The molecule has 0 aliphatic carbocycles. The third-order valence-corrected chi connectivity index (χ3v) is 12.7. The molecule has 9 rings (SSSR count). The summed E-state index contributed by atoms with van der Waals surface area (Å²) >= 11 is 0. The molecule has 1 N–H and O–H groups in total. The van der Waals surface area contributed by atoms with Crippen molar-refractivity contribution in [2.45, 2.75) is 108 Å². The second kappa shape index (κ2) is 27.2. The maximum Gasteiger partial charge on any atom is 0.187 e. The first kappa shape index (κ1) is 51.0. The fourth-order valence-electron chi connectivity index (χ4n) is 8.98. The Labute approximate surface area is 423 Å². The van der Waals surface area contributed by atoms with E-state index in [4.69, 9.17) is 47.4 Å². The molecule has 2 heterocycles. The van der Waals surface area contributed by atoms with Gasteiger partial charge in [-0.05, 0) is 38.9 Å². The highest BCUT2D eigenvalue weighted by Crippen LogP contribution is 2.36. The second-order valence-corrected chi connectivity index (χ2v) is 18.0. The predicted molar refractivity (Wildman–Crippen MR) is 272 cm³/mol. The van der Waals surface area contributed by atoms with Crippen LogP contribution in [-0.2, 0) is 93.6 Å². The summed E-state index contributed by atoms with van der Waals surface area (Å²) in [6, 6.07) is 69.6. The van der Waals surface area contributed by atoms with E-state index in [1.807, 2.05) is 212 Å². The minimum absolute atomic E-state index is 0.0999. The fraction of sp³-hybridized carbons (Fsp3) is 0.311. The van der Waals surface area contributed by atoms with Gasteiger partial charge in [0.2, 0.25) is 0 Å². The van der Waals surface area contributed by atoms with E-state index < -0.39 is 61.4 Å². The van der Waals surface area contributed by atoms with Gasteiger partial charge in [0, 0.05) is 0 Å². The van der Waals surface area contributed by atoms with Gasteiger partial charge in [0.05, 0.1) is 59.5 Å². The lowest BCUT2D eigenvalue weighted by Crippen LogP contribution is -2.66. The first-order valence-corrected chi connectivity index (χ1v) is 24.8. The average Bonchev–Trinajstić information content (AvgIpc) is 3.43. The van der Waals surface area contributed by atoms with Crippen LogP contribution in [0.25, 0.3) is 0 Å². The summed E-state index contributed by atoms with van der Waals surface area (Å²) < 4.78 is 68.3. The van der Waals surface area contributed by atoms with Gasteiger partial charge in [0.25, 0.3) is 0 Å². The van der Waals surface area contributed by atoms with Gasteiger partial charge in [-0.25, -0.2) is 0 Å². The van der Waals surface area contributed by atoms with Crippen LogP contribution in [0.4, 0.5) is 0 Å². The fourth-order valence-corrected chi connectivity index (χ4v) is 8.98. The zero-order chi connectivity index (χ0) is 49.0. The van der Waals surface area contributed by atoms with E-state index >= 15 is 0 Å². The molecule has 0 bridgehead atoms. The third kappa shape index (κ3) is 14.8. The van der Waals surface area contributed by atoms with E-state index in [9.17, 15) is 5.11 Å². The number of hydrogen-bond acceptors (Lipinski definition) is 11. The Bertz CT molecular complexity index is 2550. The lowest BCUT2D eigenvalue weighted by atomic mass is 9.96. The topological polar surface area (TPSA) is 113 Å². The molecular formula is C61H64O11. The van der Waals surface area contributed by atoms with Gasteiger partial charge in [0.1, 0.15) is 48.8 Å². The zero-order valence-electron chi connectivity index (χ0n) is 40.4. The van der Waals surface area contributed by atoms with Crippen molar-refractivity contribution >= 4 is 0 Å². The molecule has 72 heavy (non-hydrogen) atoms. The minimum atomic E-state index is -1.52. The summed E-state index contributed by atoms with van der Waals surface area (Å²) in [5.74, 6) is 0. The highest BCUT2D eigenvalue weighted by molar-refractivity contribution is 5.19.